The Balaban J connectivity index is 2.19. The fourth-order valence-electron chi connectivity index (χ4n) is 2.50. The Bertz CT molecular complexity index is 472. The number of anilines is 2. The molecule has 1 amide bonds. The van der Waals surface area contributed by atoms with Gasteiger partial charge in [0.05, 0.1) is 5.69 Å². The number of nitrogens with zero attached hydrogens (tertiary/aromatic N) is 1. The maximum atomic E-state index is 14.1. The van der Waals surface area contributed by atoms with Gasteiger partial charge in [0.2, 0.25) is 5.91 Å². The minimum Gasteiger partial charge on any atom is -0.370 e. The molecule has 0 spiro atoms. The van der Waals surface area contributed by atoms with E-state index in [-0.39, 0.29) is 17.6 Å². The van der Waals surface area contributed by atoms with Gasteiger partial charge in [-0.3, -0.25) is 4.79 Å². The quantitative estimate of drug-likeness (QED) is 0.868. The second-order valence-corrected chi connectivity index (χ2v) is 5.28. The van der Waals surface area contributed by atoms with E-state index >= 15 is 0 Å². The van der Waals surface area contributed by atoms with E-state index in [0.717, 1.165) is 31.6 Å². The fourth-order valence-corrected chi connectivity index (χ4v) is 2.50. The highest BCUT2D eigenvalue weighted by Crippen LogP contribution is 2.31. The molecular formula is C15H22FN3O. The van der Waals surface area contributed by atoms with E-state index in [4.69, 9.17) is 0 Å². The first-order valence-electron chi connectivity index (χ1n) is 7.12. The van der Waals surface area contributed by atoms with Gasteiger partial charge in [-0.2, -0.15) is 0 Å². The van der Waals surface area contributed by atoms with Crippen molar-refractivity contribution >= 4 is 17.3 Å². The summed E-state index contributed by atoms with van der Waals surface area (Å²) in [4.78, 5) is 14.2. The van der Waals surface area contributed by atoms with E-state index in [1.54, 1.807) is 13.1 Å². The number of carbonyl (C=O) groups is 1. The molecule has 0 saturated carbocycles. The summed E-state index contributed by atoms with van der Waals surface area (Å²) >= 11 is 0. The minimum atomic E-state index is -0.376. The van der Waals surface area contributed by atoms with Crippen LogP contribution in [0.3, 0.4) is 0 Å². The number of carbonyl (C=O) groups excluding carboxylic acids is 1. The third kappa shape index (κ3) is 3.28. The molecule has 2 rings (SSSR count). The van der Waals surface area contributed by atoms with E-state index < -0.39 is 0 Å². The van der Waals surface area contributed by atoms with Gasteiger partial charge in [-0.25, -0.2) is 4.39 Å². The van der Waals surface area contributed by atoms with Gasteiger partial charge in [-0.05, 0) is 32.0 Å². The summed E-state index contributed by atoms with van der Waals surface area (Å²) in [7, 11) is 1.79. The number of nitrogens with one attached hydrogen (secondary N) is 2. The summed E-state index contributed by atoms with van der Waals surface area (Å²) in [6, 6.07) is 4.94. The van der Waals surface area contributed by atoms with Crippen molar-refractivity contribution < 1.29 is 9.18 Å². The molecule has 0 aromatic heterocycles. The molecule has 20 heavy (non-hydrogen) atoms. The zero-order valence-electron chi connectivity index (χ0n) is 12.1. The van der Waals surface area contributed by atoms with Crippen LogP contribution in [0.5, 0.6) is 0 Å². The SMILES string of the molecule is CNCC(C)C(=O)Nc1c(F)cccc1N1CCCC1. The predicted octanol–water partition coefficient (Wildman–Crippen LogP) is 2.22. The van der Waals surface area contributed by atoms with Crippen LogP contribution in [0.2, 0.25) is 0 Å². The Morgan fingerprint density at radius 1 is 1.40 bits per heavy atom. The standard InChI is InChI=1S/C15H22FN3O/c1-11(10-17-2)15(20)18-14-12(16)6-5-7-13(14)19-8-3-4-9-19/h5-7,11,17H,3-4,8-10H2,1-2H3,(H,18,20). The van der Waals surface area contributed by atoms with Crippen LogP contribution in [0.15, 0.2) is 18.2 Å². The van der Waals surface area contributed by atoms with E-state index in [1.165, 1.54) is 6.07 Å². The summed E-state index contributed by atoms with van der Waals surface area (Å²) < 4.78 is 14.1. The van der Waals surface area contributed by atoms with Crippen molar-refractivity contribution in [3.63, 3.8) is 0 Å². The van der Waals surface area contributed by atoms with Gasteiger partial charge < -0.3 is 15.5 Å². The lowest BCUT2D eigenvalue weighted by Gasteiger charge is -2.22. The van der Waals surface area contributed by atoms with Crippen LogP contribution in [0.1, 0.15) is 19.8 Å². The molecule has 1 atom stereocenters. The first kappa shape index (κ1) is 14.8. The van der Waals surface area contributed by atoms with Crippen molar-refractivity contribution in [3.05, 3.63) is 24.0 Å². The van der Waals surface area contributed by atoms with E-state index in [1.807, 2.05) is 13.0 Å². The molecule has 1 heterocycles. The molecular weight excluding hydrogens is 257 g/mol. The normalized spacial score (nSPS) is 16.2. The lowest BCUT2D eigenvalue weighted by Crippen LogP contribution is -2.30. The number of amides is 1. The fraction of sp³-hybridized carbons (Fsp3) is 0.533. The van der Waals surface area contributed by atoms with Crippen LogP contribution in [-0.4, -0.2) is 32.6 Å². The molecule has 1 fully saturated rings. The second kappa shape index (κ2) is 6.70. The zero-order valence-corrected chi connectivity index (χ0v) is 12.1. The van der Waals surface area contributed by atoms with Gasteiger partial charge in [-0.1, -0.05) is 13.0 Å². The molecule has 4 nitrogen and oxygen atoms in total. The van der Waals surface area contributed by atoms with Crippen LogP contribution in [-0.2, 0) is 4.79 Å². The summed E-state index contributed by atoms with van der Waals surface area (Å²) in [5.74, 6) is -0.740. The van der Waals surface area contributed by atoms with Crippen LogP contribution in [0, 0.1) is 11.7 Å². The third-order valence-electron chi connectivity index (χ3n) is 3.64. The zero-order chi connectivity index (χ0) is 14.5. The lowest BCUT2D eigenvalue weighted by atomic mass is 10.1. The molecule has 1 unspecified atom stereocenters. The highest BCUT2D eigenvalue weighted by atomic mass is 19.1. The van der Waals surface area contributed by atoms with Crippen LogP contribution >= 0.6 is 0 Å². The van der Waals surface area contributed by atoms with Crippen molar-refractivity contribution in [1.29, 1.82) is 0 Å². The topological polar surface area (TPSA) is 44.4 Å². The first-order chi connectivity index (χ1) is 9.63. The summed E-state index contributed by atoms with van der Waals surface area (Å²) in [5.41, 5.74) is 1.09. The molecule has 1 aliphatic rings. The Labute approximate surface area is 119 Å². The number of para-hydroxylation sites is 1. The second-order valence-electron chi connectivity index (χ2n) is 5.28. The average Bonchev–Trinajstić information content (AvgIpc) is 2.95. The number of hydrogen-bond acceptors (Lipinski definition) is 3. The molecule has 5 heteroatoms. The molecule has 1 aromatic carbocycles. The molecule has 2 N–H and O–H groups in total. The Hall–Kier alpha value is -1.62. The highest BCUT2D eigenvalue weighted by Gasteiger charge is 2.21. The van der Waals surface area contributed by atoms with Gasteiger partial charge in [0.1, 0.15) is 11.5 Å². The average molecular weight is 279 g/mol. The molecule has 1 aliphatic heterocycles. The van der Waals surface area contributed by atoms with E-state index in [0.29, 0.717) is 12.2 Å². The maximum absolute atomic E-state index is 14.1. The van der Waals surface area contributed by atoms with Gasteiger partial charge >= 0.3 is 0 Å². The summed E-state index contributed by atoms with van der Waals surface area (Å²) in [5, 5.41) is 5.70. The third-order valence-corrected chi connectivity index (χ3v) is 3.64. The molecule has 1 saturated heterocycles. The van der Waals surface area contributed by atoms with Gasteiger partial charge in [-0.15, -0.1) is 0 Å². The van der Waals surface area contributed by atoms with Gasteiger partial charge in [0, 0.05) is 25.6 Å². The first-order valence-corrected chi connectivity index (χ1v) is 7.12. The van der Waals surface area contributed by atoms with Crippen molar-refractivity contribution in [1.82, 2.24) is 5.32 Å². The van der Waals surface area contributed by atoms with Crippen LogP contribution in [0.4, 0.5) is 15.8 Å². The predicted molar refractivity (Wildman–Crippen MR) is 79.6 cm³/mol. The van der Waals surface area contributed by atoms with E-state index in [2.05, 4.69) is 15.5 Å². The maximum Gasteiger partial charge on any atom is 0.228 e. The lowest BCUT2D eigenvalue weighted by molar-refractivity contribution is -0.119. The van der Waals surface area contributed by atoms with Crippen molar-refractivity contribution in [2.45, 2.75) is 19.8 Å². The van der Waals surface area contributed by atoms with Gasteiger partial charge in [0.15, 0.2) is 0 Å². The smallest absolute Gasteiger partial charge is 0.228 e. The Morgan fingerprint density at radius 3 is 2.75 bits per heavy atom. The number of benzene rings is 1. The molecule has 0 bridgehead atoms. The minimum absolute atomic E-state index is 0.162. The Kier molecular flexibility index (Phi) is 4.95. The summed E-state index contributed by atoms with van der Waals surface area (Å²) in [6.07, 6.45) is 2.22. The van der Waals surface area contributed by atoms with E-state index in [9.17, 15) is 9.18 Å². The monoisotopic (exact) mass is 279 g/mol. The van der Waals surface area contributed by atoms with Gasteiger partial charge in [0.25, 0.3) is 0 Å². The molecule has 110 valence electrons. The largest absolute Gasteiger partial charge is 0.370 e. The Morgan fingerprint density at radius 2 is 2.10 bits per heavy atom. The number of hydrogen-bond donors (Lipinski definition) is 2. The number of rotatable bonds is 5. The van der Waals surface area contributed by atoms with Crippen LogP contribution in [0.25, 0.3) is 0 Å². The van der Waals surface area contributed by atoms with Crippen molar-refractivity contribution in [2.24, 2.45) is 5.92 Å². The molecule has 1 aromatic rings. The molecule has 0 radical (unpaired) electrons. The highest BCUT2D eigenvalue weighted by molar-refractivity contribution is 5.96. The van der Waals surface area contributed by atoms with Crippen molar-refractivity contribution in [2.75, 3.05) is 36.9 Å². The van der Waals surface area contributed by atoms with Crippen LogP contribution < -0.4 is 15.5 Å². The van der Waals surface area contributed by atoms with Crippen molar-refractivity contribution in [3.8, 4) is 0 Å². The number of halogens is 1. The summed E-state index contributed by atoms with van der Waals surface area (Å²) in [6.45, 7) is 4.22. The molecule has 0 aliphatic carbocycles.